The number of halogens is 1. The maximum atomic E-state index is 13.4. The Balaban J connectivity index is 2.07. The van der Waals surface area contributed by atoms with Gasteiger partial charge in [0.1, 0.15) is 6.04 Å². The molecule has 0 heterocycles. The molecule has 0 fully saturated rings. The SMILES string of the molecule is CC(C)[C@H](NC(=O)Cc1ccccc1)C(=O)Nc1ccc(F)c([N+](=O)[O-])c1. The monoisotopic (exact) mass is 373 g/mol. The second-order valence-corrected chi connectivity index (χ2v) is 6.36. The van der Waals surface area contributed by atoms with Gasteiger partial charge in [-0.1, -0.05) is 44.2 Å². The van der Waals surface area contributed by atoms with E-state index in [9.17, 15) is 24.1 Å². The highest BCUT2D eigenvalue weighted by atomic mass is 19.1. The number of anilines is 1. The van der Waals surface area contributed by atoms with Gasteiger partial charge in [-0.05, 0) is 23.6 Å². The molecule has 0 bridgehead atoms. The number of nitro benzene ring substituents is 1. The zero-order valence-electron chi connectivity index (χ0n) is 14.9. The van der Waals surface area contributed by atoms with E-state index in [1.807, 2.05) is 30.3 Å². The van der Waals surface area contributed by atoms with E-state index < -0.39 is 28.4 Å². The molecule has 27 heavy (non-hydrogen) atoms. The minimum absolute atomic E-state index is 0.0797. The number of benzene rings is 2. The fraction of sp³-hybridized carbons (Fsp3) is 0.263. The lowest BCUT2D eigenvalue weighted by Crippen LogP contribution is -2.47. The fourth-order valence-electron chi connectivity index (χ4n) is 2.49. The van der Waals surface area contributed by atoms with Crippen LogP contribution in [0.4, 0.5) is 15.8 Å². The summed E-state index contributed by atoms with van der Waals surface area (Å²) >= 11 is 0. The van der Waals surface area contributed by atoms with Gasteiger partial charge in [-0.3, -0.25) is 19.7 Å². The summed E-state index contributed by atoms with van der Waals surface area (Å²) in [6.45, 7) is 3.53. The summed E-state index contributed by atoms with van der Waals surface area (Å²) in [7, 11) is 0. The van der Waals surface area contributed by atoms with Crippen molar-refractivity contribution >= 4 is 23.2 Å². The molecule has 7 nitrogen and oxygen atoms in total. The average molecular weight is 373 g/mol. The molecule has 0 unspecified atom stereocenters. The zero-order valence-corrected chi connectivity index (χ0v) is 14.9. The summed E-state index contributed by atoms with van der Waals surface area (Å²) < 4.78 is 13.4. The second-order valence-electron chi connectivity index (χ2n) is 6.36. The normalized spacial score (nSPS) is 11.7. The van der Waals surface area contributed by atoms with Crippen molar-refractivity contribution in [3.8, 4) is 0 Å². The molecule has 2 rings (SSSR count). The third-order valence-electron chi connectivity index (χ3n) is 3.88. The molecule has 2 N–H and O–H groups in total. The van der Waals surface area contributed by atoms with Crippen molar-refractivity contribution in [2.24, 2.45) is 5.92 Å². The van der Waals surface area contributed by atoms with E-state index in [1.54, 1.807) is 13.8 Å². The van der Waals surface area contributed by atoms with E-state index >= 15 is 0 Å². The predicted octanol–water partition coefficient (Wildman–Crippen LogP) is 3.06. The third kappa shape index (κ3) is 5.60. The molecule has 0 aliphatic rings. The highest BCUT2D eigenvalue weighted by Crippen LogP contribution is 2.22. The molecule has 2 aromatic rings. The molecule has 2 aromatic carbocycles. The number of carbonyl (C=O) groups is 2. The fourth-order valence-corrected chi connectivity index (χ4v) is 2.49. The van der Waals surface area contributed by atoms with E-state index in [0.717, 1.165) is 17.7 Å². The summed E-state index contributed by atoms with van der Waals surface area (Å²) in [5, 5.41) is 16.0. The molecule has 0 radical (unpaired) electrons. The number of hydrogen-bond donors (Lipinski definition) is 2. The molecular formula is C19H20FN3O4. The van der Waals surface area contributed by atoms with E-state index in [2.05, 4.69) is 10.6 Å². The smallest absolute Gasteiger partial charge is 0.306 e. The van der Waals surface area contributed by atoms with Crippen molar-refractivity contribution in [2.75, 3.05) is 5.32 Å². The van der Waals surface area contributed by atoms with Gasteiger partial charge >= 0.3 is 5.69 Å². The molecule has 0 saturated carbocycles. The van der Waals surface area contributed by atoms with Gasteiger partial charge < -0.3 is 10.6 Å². The minimum atomic E-state index is -0.991. The Labute approximate surface area is 155 Å². The van der Waals surface area contributed by atoms with E-state index in [0.29, 0.717) is 0 Å². The number of nitro groups is 1. The van der Waals surface area contributed by atoms with Crippen molar-refractivity contribution in [1.29, 1.82) is 0 Å². The molecule has 2 amide bonds. The highest BCUT2D eigenvalue weighted by molar-refractivity contribution is 5.97. The molecule has 0 saturated heterocycles. The first-order valence-corrected chi connectivity index (χ1v) is 8.36. The first kappa shape index (κ1) is 20.0. The van der Waals surface area contributed by atoms with Crippen LogP contribution in [0.1, 0.15) is 19.4 Å². The lowest BCUT2D eigenvalue weighted by atomic mass is 10.0. The number of nitrogens with zero attached hydrogens (tertiary/aromatic N) is 1. The molecule has 0 aliphatic carbocycles. The summed E-state index contributed by atoms with van der Waals surface area (Å²) in [6.07, 6.45) is 0.124. The van der Waals surface area contributed by atoms with Gasteiger partial charge in [-0.15, -0.1) is 0 Å². The number of amides is 2. The summed E-state index contributed by atoms with van der Waals surface area (Å²) in [5.74, 6) is -2.07. The van der Waals surface area contributed by atoms with Crippen LogP contribution in [0.5, 0.6) is 0 Å². The van der Waals surface area contributed by atoms with Crippen LogP contribution in [0.2, 0.25) is 0 Å². The van der Waals surface area contributed by atoms with Gasteiger partial charge in [0.05, 0.1) is 11.3 Å². The quantitative estimate of drug-likeness (QED) is 0.575. The Hall–Kier alpha value is -3.29. The first-order valence-electron chi connectivity index (χ1n) is 8.36. The van der Waals surface area contributed by atoms with Gasteiger partial charge in [-0.25, -0.2) is 0 Å². The van der Waals surface area contributed by atoms with Crippen LogP contribution in [-0.4, -0.2) is 22.8 Å². The summed E-state index contributed by atoms with van der Waals surface area (Å²) in [5.41, 5.74) is 0.158. The minimum Gasteiger partial charge on any atom is -0.344 e. The molecule has 0 aliphatic heterocycles. The Morgan fingerprint density at radius 1 is 1.15 bits per heavy atom. The van der Waals surface area contributed by atoms with Crippen LogP contribution in [0.15, 0.2) is 48.5 Å². The molecule has 0 spiro atoms. The van der Waals surface area contributed by atoms with E-state index in [1.165, 1.54) is 6.07 Å². The Morgan fingerprint density at radius 3 is 2.41 bits per heavy atom. The van der Waals surface area contributed by atoms with E-state index in [4.69, 9.17) is 0 Å². The van der Waals surface area contributed by atoms with Crippen molar-refractivity contribution < 1.29 is 18.9 Å². The van der Waals surface area contributed by atoms with Crippen LogP contribution in [0, 0.1) is 21.8 Å². The van der Waals surface area contributed by atoms with Gasteiger partial charge in [0.2, 0.25) is 17.6 Å². The number of nitrogens with one attached hydrogen (secondary N) is 2. The van der Waals surface area contributed by atoms with Gasteiger partial charge in [0.15, 0.2) is 0 Å². The lowest BCUT2D eigenvalue weighted by Gasteiger charge is -2.21. The molecule has 142 valence electrons. The molecular weight excluding hydrogens is 353 g/mol. The van der Waals surface area contributed by atoms with Gasteiger partial charge in [-0.2, -0.15) is 4.39 Å². The number of hydrogen-bond acceptors (Lipinski definition) is 4. The number of rotatable bonds is 7. The van der Waals surface area contributed by atoms with Crippen LogP contribution in [-0.2, 0) is 16.0 Å². The van der Waals surface area contributed by atoms with Gasteiger partial charge in [0, 0.05) is 11.8 Å². The molecule has 1 atom stereocenters. The summed E-state index contributed by atoms with van der Waals surface area (Å²) in [6, 6.07) is 11.3. The average Bonchev–Trinajstić information content (AvgIpc) is 2.61. The van der Waals surface area contributed by atoms with Crippen LogP contribution in [0.3, 0.4) is 0 Å². The maximum Gasteiger partial charge on any atom is 0.306 e. The topological polar surface area (TPSA) is 101 Å². The summed E-state index contributed by atoms with van der Waals surface area (Å²) in [4.78, 5) is 34.7. The van der Waals surface area contributed by atoms with E-state index in [-0.39, 0.29) is 23.9 Å². The van der Waals surface area contributed by atoms with Crippen LogP contribution < -0.4 is 10.6 Å². The van der Waals surface area contributed by atoms with Crippen LogP contribution >= 0.6 is 0 Å². The zero-order chi connectivity index (χ0) is 20.0. The predicted molar refractivity (Wildman–Crippen MR) is 98.6 cm³/mol. The van der Waals surface area contributed by atoms with Crippen LogP contribution in [0.25, 0.3) is 0 Å². The third-order valence-corrected chi connectivity index (χ3v) is 3.88. The highest BCUT2D eigenvalue weighted by Gasteiger charge is 2.25. The molecule has 8 heteroatoms. The Bertz CT molecular complexity index is 840. The number of carbonyl (C=O) groups excluding carboxylic acids is 2. The van der Waals surface area contributed by atoms with Crippen molar-refractivity contribution in [3.63, 3.8) is 0 Å². The Kier molecular flexibility index (Phi) is 6.59. The van der Waals surface area contributed by atoms with Gasteiger partial charge in [0.25, 0.3) is 0 Å². The molecule has 0 aromatic heterocycles. The van der Waals surface area contributed by atoms with Crippen molar-refractivity contribution in [3.05, 3.63) is 70.0 Å². The van der Waals surface area contributed by atoms with Crippen molar-refractivity contribution in [2.45, 2.75) is 26.3 Å². The largest absolute Gasteiger partial charge is 0.344 e. The van der Waals surface area contributed by atoms with Crippen molar-refractivity contribution in [1.82, 2.24) is 5.32 Å². The standard InChI is InChI=1S/C19H20FN3O4/c1-12(2)18(22-17(24)10-13-6-4-3-5-7-13)19(25)21-14-8-9-15(20)16(11-14)23(26)27/h3-9,11-12,18H,10H2,1-2H3,(H,21,25)(H,22,24)/t18-/m0/s1. The Morgan fingerprint density at radius 2 is 1.81 bits per heavy atom. The lowest BCUT2D eigenvalue weighted by molar-refractivity contribution is -0.387. The second kappa shape index (κ2) is 8.88. The maximum absolute atomic E-state index is 13.4. The first-order chi connectivity index (χ1) is 12.8.